The lowest BCUT2D eigenvalue weighted by atomic mass is 10.1. The van der Waals surface area contributed by atoms with Crippen LogP contribution in [0, 0.1) is 0 Å². The Kier molecular flexibility index (Phi) is 5.45. The van der Waals surface area contributed by atoms with Crippen molar-refractivity contribution < 1.29 is 5.11 Å². The van der Waals surface area contributed by atoms with E-state index in [1.807, 2.05) is 24.3 Å². The summed E-state index contributed by atoms with van der Waals surface area (Å²) in [5.74, 6) is 0. The Balaban J connectivity index is 2.63. The summed E-state index contributed by atoms with van der Waals surface area (Å²) >= 11 is 0. The van der Waals surface area contributed by atoms with Gasteiger partial charge in [0.2, 0.25) is 0 Å². The van der Waals surface area contributed by atoms with Crippen molar-refractivity contribution in [2.75, 3.05) is 18.8 Å². The SMILES string of the molecule is CCCN(CC(O)c1ccc(N)cc1)C(C)C. The third kappa shape index (κ3) is 4.36. The number of nitrogens with two attached hydrogens (primary N) is 1. The van der Waals surface area contributed by atoms with Crippen LogP contribution in [0.25, 0.3) is 0 Å². The van der Waals surface area contributed by atoms with Crippen LogP contribution in [0.5, 0.6) is 0 Å². The monoisotopic (exact) mass is 236 g/mol. The molecule has 3 heteroatoms. The van der Waals surface area contributed by atoms with E-state index in [0.717, 1.165) is 24.2 Å². The minimum atomic E-state index is -0.440. The molecule has 0 aliphatic heterocycles. The molecule has 0 bridgehead atoms. The summed E-state index contributed by atoms with van der Waals surface area (Å²) in [5.41, 5.74) is 7.30. The highest BCUT2D eigenvalue weighted by Crippen LogP contribution is 2.17. The number of anilines is 1. The normalized spacial score (nSPS) is 13.3. The predicted molar refractivity (Wildman–Crippen MR) is 72.8 cm³/mol. The van der Waals surface area contributed by atoms with Gasteiger partial charge in [0.1, 0.15) is 0 Å². The Bertz CT molecular complexity index is 321. The first kappa shape index (κ1) is 14.0. The molecule has 0 heterocycles. The number of hydrogen-bond donors (Lipinski definition) is 2. The Morgan fingerprint density at radius 1 is 1.24 bits per heavy atom. The number of nitrogens with zero attached hydrogens (tertiary/aromatic N) is 1. The van der Waals surface area contributed by atoms with Crippen molar-refractivity contribution >= 4 is 5.69 Å². The number of aliphatic hydroxyl groups excluding tert-OH is 1. The van der Waals surface area contributed by atoms with Gasteiger partial charge in [-0.25, -0.2) is 0 Å². The quantitative estimate of drug-likeness (QED) is 0.746. The fourth-order valence-electron chi connectivity index (χ4n) is 1.89. The van der Waals surface area contributed by atoms with Crippen LogP contribution in [0.3, 0.4) is 0 Å². The molecule has 3 nitrogen and oxygen atoms in total. The summed E-state index contributed by atoms with van der Waals surface area (Å²) in [6, 6.07) is 7.91. The summed E-state index contributed by atoms with van der Waals surface area (Å²) < 4.78 is 0. The van der Waals surface area contributed by atoms with Crippen molar-refractivity contribution in [3.63, 3.8) is 0 Å². The zero-order chi connectivity index (χ0) is 12.8. The standard InChI is InChI=1S/C14H24N2O/c1-4-9-16(11(2)3)10-14(17)12-5-7-13(15)8-6-12/h5-8,11,14,17H,4,9-10,15H2,1-3H3. The topological polar surface area (TPSA) is 49.5 Å². The molecule has 0 aliphatic rings. The maximum atomic E-state index is 10.2. The van der Waals surface area contributed by atoms with E-state index in [1.165, 1.54) is 0 Å². The second-order valence-electron chi connectivity index (χ2n) is 4.77. The van der Waals surface area contributed by atoms with Crippen molar-refractivity contribution in [1.29, 1.82) is 0 Å². The molecule has 0 spiro atoms. The number of rotatable bonds is 6. The first-order valence-electron chi connectivity index (χ1n) is 6.32. The van der Waals surface area contributed by atoms with Gasteiger partial charge >= 0.3 is 0 Å². The Labute approximate surface area is 104 Å². The van der Waals surface area contributed by atoms with E-state index in [-0.39, 0.29) is 0 Å². The van der Waals surface area contributed by atoms with Crippen LogP contribution in [0.2, 0.25) is 0 Å². The molecular formula is C14H24N2O. The lowest BCUT2D eigenvalue weighted by Crippen LogP contribution is -2.35. The van der Waals surface area contributed by atoms with Crippen LogP contribution in [0.4, 0.5) is 5.69 Å². The van der Waals surface area contributed by atoms with Crippen LogP contribution in [0.1, 0.15) is 38.9 Å². The maximum absolute atomic E-state index is 10.2. The van der Waals surface area contributed by atoms with Gasteiger partial charge in [0, 0.05) is 18.3 Å². The van der Waals surface area contributed by atoms with E-state index in [2.05, 4.69) is 25.7 Å². The molecule has 1 atom stereocenters. The van der Waals surface area contributed by atoms with Crippen molar-refractivity contribution in [1.82, 2.24) is 4.90 Å². The molecule has 96 valence electrons. The number of aliphatic hydroxyl groups is 1. The fourth-order valence-corrected chi connectivity index (χ4v) is 1.89. The molecule has 0 saturated heterocycles. The lowest BCUT2D eigenvalue weighted by molar-refractivity contribution is 0.0955. The van der Waals surface area contributed by atoms with Crippen molar-refractivity contribution in [2.24, 2.45) is 0 Å². The minimum absolute atomic E-state index is 0.440. The van der Waals surface area contributed by atoms with Crippen LogP contribution >= 0.6 is 0 Å². The first-order valence-corrected chi connectivity index (χ1v) is 6.32. The molecule has 0 aromatic heterocycles. The number of nitrogen functional groups attached to an aromatic ring is 1. The summed E-state index contributed by atoms with van der Waals surface area (Å²) in [6.07, 6.45) is 0.664. The summed E-state index contributed by atoms with van der Waals surface area (Å²) in [4.78, 5) is 2.29. The summed E-state index contributed by atoms with van der Waals surface area (Å²) in [7, 11) is 0. The Morgan fingerprint density at radius 3 is 2.29 bits per heavy atom. The summed E-state index contributed by atoms with van der Waals surface area (Å²) in [6.45, 7) is 8.17. The van der Waals surface area contributed by atoms with Crippen molar-refractivity contribution in [3.05, 3.63) is 29.8 Å². The molecule has 3 N–H and O–H groups in total. The molecule has 1 aromatic rings. The van der Waals surface area contributed by atoms with Gasteiger partial charge in [0.25, 0.3) is 0 Å². The Morgan fingerprint density at radius 2 is 1.82 bits per heavy atom. The lowest BCUT2D eigenvalue weighted by Gasteiger charge is -2.28. The van der Waals surface area contributed by atoms with Crippen LogP contribution < -0.4 is 5.73 Å². The Hall–Kier alpha value is -1.06. The highest BCUT2D eigenvalue weighted by atomic mass is 16.3. The molecule has 1 unspecified atom stereocenters. The van der Waals surface area contributed by atoms with Crippen molar-refractivity contribution in [2.45, 2.75) is 39.3 Å². The van der Waals surface area contributed by atoms with Gasteiger partial charge in [-0.15, -0.1) is 0 Å². The van der Waals surface area contributed by atoms with Crippen LogP contribution in [0.15, 0.2) is 24.3 Å². The first-order chi connectivity index (χ1) is 8.04. The fraction of sp³-hybridized carbons (Fsp3) is 0.571. The second-order valence-corrected chi connectivity index (χ2v) is 4.77. The van der Waals surface area contributed by atoms with E-state index < -0.39 is 6.10 Å². The third-order valence-electron chi connectivity index (χ3n) is 2.97. The van der Waals surface area contributed by atoms with Crippen molar-refractivity contribution in [3.8, 4) is 0 Å². The van der Waals surface area contributed by atoms with Gasteiger partial charge in [-0.3, -0.25) is 4.90 Å². The average Bonchev–Trinajstić information content (AvgIpc) is 2.29. The zero-order valence-corrected chi connectivity index (χ0v) is 11.1. The van der Waals surface area contributed by atoms with E-state index in [1.54, 1.807) is 0 Å². The highest BCUT2D eigenvalue weighted by Gasteiger charge is 2.15. The van der Waals surface area contributed by atoms with Crippen LogP contribution in [-0.4, -0.2) is 29.1 Å². The van der Waals surface area contributed by atoms with Gasteiger partial charge in [-0.05, 0) is 44.5 Å². The molecule has 1 aromatic carbocycles. The molecule has 0 aliphatic carbocycles. The smallest absolute Gasteiger partial charge is 0.0917 e. The molecule has 1 rings (SSSR count). The number of benzene rings is 1. The molecule has 0 saturated carbocycles. The van der Waals surface area contributed by atoms with Gasteiger partial charge < -0.3 is 10.8 Å². The summed E-state index contributed by atoms with van der Waals surface area (Å²) in [5, 5.41) is 10.2. The minimum Gasteiger partial charge on any atom is -0.399 e. The molecule has 0 fully saturated rings. The van der Waals surface area contributed by atoms with E-state index in [0.29, 0.717) is 12.6 Å². The van der Waals surface area contributed by atoms with Gasteiger partial charge in [0.15, 0.2) is 0 Å². The van der Waals surface area contributed by atoms with Gasteiger partial charge in [-0.2, -0.15) is 0 Å². The average molecular weight is 236 g/mol. The number of hydrogen-bond acceptors (Lipinski definition) is 3. The largest absolute Gasteiger partial charge is 0.399 e. The highest BCUT2D eigenvalue weighted by molar-refractivity contribution is 5.39. The molecular weight excluding hydrogens is 212 g/mol. The van der Waals surface area contributed by atoms with Gasteiger partial charge in [0.05, 0.1) is 6.10 Å². The predicted octanol–water partition coefficient (Wildman–Crippen LogP) is 2.42. The van der Waals surface area contributed by atoms with E-state index in [4.69, 9.17) is 5.73 Å². The molecule has 0 amide bonds. The maximum Gasteiger partial charge on any atom is 0.0917 e. The van der Waals surface area contributed by atoms with Gasteiger partial charge in [-0.1, -0.05) is 19.1 Å². The second kappa shape index (κ2) is 6.62. The zero-order valence-electron chi connectivity index (χ0n) is 11.1. The third-order valence-corrected chi connectivity index (χ3v) is 2.97. The molecule has 17 heavy (non-hydrogen) atoms. The molecule has 0 radical (unpaired) electrons. The van der Waals surface area contributed by atoms with E-state index in [9.17, 15) is 5.11 Å². The van der Waals surface area contributed by atoms with Crippen LogP contribution in [-0.2, 0) is 0 Å². The van der Waals surface area contributed by atoms with E-state index >= 15 is 0 Å².